The molecule has 0 saturated heterocycles. The number of hydrogen-bond acceptors (Lipinski definition) is 9. The SMILES string of the molecule is CSCCC(NC(=O)C(CC(=O)O)NC(=O)C(CC(N)=O)NC(=O)C(N)CCC(N)=O)C(=O)O. The predicted octanol–water partition coefficient (Wildman–Crippen LogP) is -3.78. The molecule has 0 fully saturated rings. The summed E-state index contributed by atoms with van der Waals surface area (Å²) >= 11 is 1.33. The van der Waals surface area contributed by atoms with Gasteiger partial charge in [-0.3, -0.25) is 28.8 Å². The van der Waals surface area contributed by atoms with E-state index in [9.17, 15) is 38.7 Å². The third kappa shape index (κ3) is 12.6. The number of carbonyl (C=O) groups is 7. The van der Waals surface area contributed by atoms with Crippen LogP contribution in [-0.2, 0) is 33.6 Å². The van der Waals surface area contributed by atoms with Gasteiger partial charge in [0.1, 0.15) is 18.1 Å². The molecular weight excluding hydrogens is 476 g/mol. The molecule has 0 rings (SSSR count). The molecule has 0 bridgehead atoms. The number of nitrogens with one attached hydrogen (secondary N) is 3. The Morgan fingerprint density at radius 1 is 0.765 bits per heavy atom. The number of hydrogen-bond donors (Lipinski definition) is 8. The lowest BCUT2D eigenvalue weighted by Gasteiger charge is -2.24. The molecule has 5 amide bonds. The molecule has 0 saturated carbocycles. The van der Waals surface area contributed by atoms with Crippen LogP contribution in [0.4, 0.5) is 0 Å². The van der Waals surface area contributed by atoms with E-state index in [0.29, 0.717) is 5.75 Å². The van der Waals surface area contributed by atoms with Crippen molar-refractivity contribution in [2.75, 3.05) is 12.0 Å². The van der Waals surface area contributed by atoms with Crippen molar-refractivity contribution in [3.63, 3.8) is 0 Å². The molecule has 4 atom stereocenters. The second kappa shape index (κ2) is 15.4. The topological polar surface area (TPSA) is 274 Å². The van der Waals surface area contributed by atoms with Crippen LogP contribution < -0.4 is 33.2 Å². The molecule has 0 aromatic rings. The van der Waals surface area contributed by atoms with Crippen LogP contribution in [-0.4, -0.2) is 87.9 Å². The number of carbonyl (C=O) groups excluding carboxylic acids is 5. The summed E-state index contributed by atoms with van der Waals surface area (Å²) in [5, 5.41) is 24.7. The van der Waals surface area contributed by atoms with Crippen molar-refractivity contribution in [2.24, 2.45) is 17.2 Å². The quantitative estimate of drug-likeness (QED) is 0.0947. The Hall–Kier alpha value is -3.40. The molecule has 0 aromatic carbocycles. The summed E-state index contributed by atoms with van der Waals surface area (Å²) in [6.45, 7) is 0. The zero-order valence-corrected chi connectivity index (χ0v) is 19.3. The van der Waals surface area contributed by atoms with Gasteiger partial charge in [0, 0.05) is 6.42 Å². The van der Waals surface area contributed by atoms with Gasteiger partial charge in [-0.05, 0) is 24.9 Å². The average molecular weight is 507 g/mol. The molecule has 0 aliphatic carbocycles. The molecule has 34 heavy (non-hydrogen) atoms. The fourth-order valence-corrected chi connectivity index (χ4v) is 3.01. The highest BCUT2D eigenvalue weighted by Gasteiger charge is 2.32. The van der Waals surface area contributed by atoms with Crippen molar-refractivity contribution in [1.82, 2.24) is 16.0 Å². The highest BCUT2D eigenvalue weighted by Crippen LogP contribution is 2.04. The van der Waals surface area contributed by atoms with Crippen LogP contribution in [0.2, 0.25) is 0 Å². The molecule has 0 aliphatic heterocycles. The van der Waals surface area contributed by atoms with Crippen LogP contribution >= 0.6 is 11.8 Å². The predicted molar refractivity (Wildman–Crippen MR) is 119 cm³/mol. The summed E-state index contributed by atoms with van der Waals surface area (Å²) in [6, 6.07) is -5.95. The van der Waals surface area contributed by atoms with Crippen molar-refractivity contribution in [3.8, 4) is 0 Å². The summed E-state index contributed by atoms with van der Waals surface area (Å²) < 4.78 is 0. The summed E-state index contributed by atoms with van der Waals surface area (Å²) in [5.74, 6) is -7.33. The molecule has 4 unspecified atom stereocenters. The van der Waals surface area contributed by atoms with Crippen molar-refractivity contribution < 1.29 is 43.8 Å². The van der Waals surface area contributed by atoms with Crippen LogP contribution in [0.5, 0.6) is 0 Å². The van der Waals surface area contributed by atoms with Crippen molar-refractivity contribution in [3.05, 3.63) is 0 Å². The number of primary amides is 2. The zero-order valence-electron chi connectivity index (χ0n) is 18.4. The van der Waals surface area contributed by atoms with Crippen LogP contribution in [0.3, 0.4) is 0 Å². The molecule has 11 N–H and O–H groups in total. The van der Waals surface area contributed by atoms with Gasteiger partial charge in [0.05, 0.1) is 18.9 Å². The monoisotopic (exact) mass is 506 g/mol. The molecule has 0 aromatic heterocycles. The van der Waals surface area contributed by atoms with Gasteiger partial charge in [0.15, 0.2) is 0 Å². The minimum absolute atomic E-state index is 0.0412. The highest BCUT2D eigenvalue weighted by atomic mass is 32.2. The molecule has 0 heterocycles. The standard InChI is InChI=1S/C18H30N6O9S/c1-34-5-4-9(18(32)33)22-17(31)11(7-14(27)28)24-16(30)10(6-13(21)26)23-15(29)8(19)2-3-12(20)25/h8-11H,2-7,19H2,1H3,(H2,20,25)(H2,21,26)(H,22,31)(H,23,29)(H,24,30)(H,27,28)(H,32,33). The van der Waals surface area contributed by atoms with Crippen molar-refractivity contribution >= 4 is 53.2 Å². The summed E-state index contributed by atoms with van der Waals surface area (Å²) in [5.41, 5.74) is 15.7. The van der Waals surface area contributed by atoms with Crippen molar-refractivity contribution in [2.45, 2.75) is 56.3 Å². The summed E-state index contributed by atoms with van der Waals surface area (Å²) in [7, 11) is 0. The van der Waals surface area contributed by atoms with Crippen molar-refractivity contribution in [1.29, 1.82) is 0 Å². The smallest absolute Gasteiger partial charge is 0.326 e. The third-order valence-corrected chi connectivity index (χ3v) is 4.96. The Balaban J connectivity index is 5.48. The minimum Gasteiger partial charge on any atom is -0.481 e. The summed E-state index contributed by atoms with van der Waals surface area (Å²) in [6.07, 6.45) is -0.234. The highest BCUT2D eigenvalue weighted by molar-refractivity contribution is 7.98. The summed E-state index contributed by atoms with van der Waals surface area (Å²) in [4.78, 5) is 82.1. The van der Waals surface area contributed by atoms with E-state index in [1.165, 1.54) is 11.8 Å². The first kappa shape index (κ1) is 30.6. The Morgan fingerprint density at radius 2 is 1.26 bits per heavy atom. The van der Waals surface area contributed by atoms with E-state index >= 15 is 0 Å². The average Bonchev–Trinajstić information content (AvgIpc) is 2.72. The molecule has 15 nitrogen and oxygen atoms in total. The number of rotatable bonds is 17. The van der Waals surface area contributed by atoms with E-state index in [-0.39, 0.29) is 19.3 Å². The Morgan fingerprint density at radius 3 is 1.71 bits per heavy atom. The lowest BCUT2D eigenvalue weighted by Crippen LogP contribution is -2.58. The molecule has 0 aliphatic rings. The number of carboxylic acids is 2. The van der Waals surface area contributed by atoms with Gasteiger partial charge < -0.3 is 43.4 Å². The van der Waals surface area contributed by atoms with Crippen LogP contribution in [0.1, 0.15) is 32.1 Å². The fraction of sp³-hybridized carbons (Fsp3) is 0.611. The number of aliphatic carboxylic acids is 2. The van der Waals surface area contributed by atoms with Crippen LogP contribution in [0.25, 0.3) is 0 Å². The van der Waals surface area contributed by atoms with Gasteiger partial charge in [-0.1, -0.05) is 0 Å². The maximum Gasteiger partial charge on any atom is 0.326 e. The lowest BCUT2D eigenvalue weighted by atomic mass is 10.1. The Labute approximate surface area is 198 Å². The van der Waals surface area contributed by atoms with Gasteiger partial charge in [-0.2, -0.15) is 11.8 Å². The van der Waals surface area contributed by atoms with E-state index < -0.39 is 78.5 Å². The first-order chi connectivity index (χ1) is 15.8. The van der Waals surface area contributed by atoms with Crippen LogP contribution in [0, 0.1) is 0 Å². The van der Waals surface area contributed by atoms with Gasteiger partial charge >= 0.3 is 11.9 Å². The van der Waals surface area contributed by atoms with Gasteiger partial charge in [0.2, 0.25) is 29.5 Å². The number of nitrogens with two attached hydrogens (primary N) is 3. The Bertz CT molecular complexity index is 794. The molecule has 0 radical (unpaired) electrons. The Kier molecular flexibility index (Phi) is 13.9. The second-order valence-corrected chi connectivity index (χ2v) is 8.17. The van der Waals surface area contributed by atoms with E-state index in [1.54, 1.807) is 6.26 Å². The van der Waals surface area contributed by atoms with Gasteiger partial charge in [0.25, 0.3) is 0 Å². The number of thioether (sulfide) groups is 1. The fourth-order valence-electron chi connectivity index (χ4n) is 2.54. The van der Waals surface area contributed by atoms with Gasteiger partial charge in [-0.15, -0.1) is 0 Å². The maximum absolute atomic E-state index is 12.6. The molecule has 192 valence electrons. The van der Waals surface area contributed by atoms with Gasteiger partial charge in [-0.25, -0.2) is 4.79 Å². The van der Waals surface area contributed by atoms with E-state index in [2.05, 4.69) is 16.0 Å². The first-order valence-electron chi connectivity index (χ1n) is 9.95. The largest absolute Gasteiger partial charge is 0.481 e. The maximum atomic E-state index is 12.6. The first-order valence-corrected chi connectivity index (χ1v) is 11.3. The third-order valence-electron chi connectivity index (χ3n) is 4.31. The van der Waals surface area contributed by atoms with E-state index in [0.717, 1.165) is 0 Å². The molecule has 16 heteroatoms. The van der Waals surface area contributed by atoms with E-state index in [4.69, 9.17) is 22.3 Å². The molecule has 0 spiro atoms. The van der Waals surface area contributed by atoms with E-state index in [1.807, 2.05) is 0 Å². The lowest BCUT2D eigenvalue weighted by molar-refractivity contribution is -0.144. The minimum atomic E-state index is -1.73. The molecular formula is C18H30N6O9S. The van der Waals surface area contributed by atoms with Crippen LogP contribution in [0.15, 0.2) is 0 Å². The second-order valence-electron chi connectivity index (χ2n) is 7.18. The zero-order chi connectivity index (χ0) is 26.4. The number of carboxylic acid groups (broad SMARTS) is 2. The normalized spacial score (nSPS) is 14.1. The number of amides is 5.